The zero-order valence-electron chi connectivity index (χ0n) is 5.79. The summed E-state index contributed by atoms with van der Waals surface area (Å²) in [6.07, 6.45) is 1.32. The van der Waals surface area contributed by atoms with Crippen molar-refractivity contribution in [3.8, 4) is 0 Å². The zero-order chi connectivity index (χ0) is 8.91. The topological polar surface area (TPSA) is 66.8 Å². The third kappa shape index (κ3) is 3.36. The summed E-state index contributed by atoms with van der Waals surface area (Å²) in [7, 11) is 0. The molecule has 64 valence electrons. The average Bonchev–Trinajstić information content (AvgIpc) is 2.00. The molecule has 0 aliphatic carbocycles. The number of ether oxygens (including phenoxy) is 1. The smallest absolute Gasteiger partial charge is 0.356 e. The van der Waals surface area contributed by atoms with Crippen LogP contribution in [0.25, 0.3) is 0 Å². The summed E-state index contributed by atoms with van der Waals surface area (Å²) < 4.78 is 4.35. The van der Waals surface area contributed by atoms with Gasteiger partial charge < -0.3 is 14.9 Å². The second-order valence-electron chi connectivity index (χ2n) is 1.80. The second kappa shape index (κ2) is 4.33. The highest BCUT2D eigenvalue weighted by molar-refractivity contribution is 6.32. The number of hydrogen-bond acceptors (Lipinski definition) is 4. The first-order valence-electron chi connectivity index (χ1n) is 2.85. The molecular formula is C6H9ClO4. The SMILES string of the molecule is C=CCOC(=O)C(O)(Cl)CO. The van der Waals surface area contributed by atoms with Crippen LogP contribution in [0.5, 0.6) is 0 Å². The lowest BCUT2D eigenvalue weighted by molar-refractivity contribution is -0.158. The quantitative estimate of drug-likeness (QED) is 0.352. The molecule has 2 N–H and O–H groups in total. The Morgan fingerprint density at radius 3 is 2.73 bits per heavy atom. The normalized spacial score (nSPS) is 15.2. The molecule has 1 unspecified atom stereocenters. The van der Waals surface area contributed by atoms with E-state index in [9.17, 15) is 4.79 Å². The summed E-state index contributed by atoms with van der Waals surface area (Å²) in [5, 5.41) is 14.8. The van der Waals surface area contributed by atoms with E-state index in [1.54, 1.807) is 0 Å². The lowest BCUT2D eigenvalue weighted by Crippen LogP contribution is -2.37. The Balaban J connectivity index is 3.91. The summed E-state index contributed by atoms with van der Waals surface area (Å²) in [5.74, 6) is -1.08. The zero-order valence-corrected chi connectivity index (χ0v) is 6.54. The predicted molar refractivity (Wildman–Crippen MR) is 39.0 cm³/mol. The van der Waals surface area contributed by atoms with Gasteiger partial charge in [-0.1, -0.05) is 24.3 Å². The van der Waals surface area contributed by atoms with E-state index in [1.807, 2.05) is 0 Å². The Morgan fingerprint density at radius 2 is 2.36 bits per heavy atom. The van der Waals surface area contributed by atoms with Gasteiger partial charge in [-0.15, -0.1) is 0 Å². The van der Waals surface area contributed by atoms with Crippen molar-refractivity contribution in [3.63, 3.8) is 0 Å². The number of esters is 1. The highest BCUT2D eigenvalue weighted by Crippen LogP contribution is 2.11. The van der Waals surface area contributed by atoms with Crippen LogP contribution < -0.4 is 0 Å². The highest BCUT2D eigenvalue weighted by Gasteiger charge is 2.34. The van der Waals surface area contributed by atoms with E-state index in [4.69, 9.17) is 21.8 Å². The van der Waals surface area contributed by atoms with Gasteiger partial charge in [-0.25, -0.2) is 4.79 Å². The van der Waals surface area contributed by atoms with E-state index in [0.717, 1.165) is 0 Å². The Hall–Kier alpha value is -0.580. The molecule has 0 heterocycles. The predicted octanol–water partition coefficient (Wildman–Crippen LogP) is -0.365. The molecular weight excluding hydrogens is 172 g/mol. The van der Waals surface area contributed by atoms with Gasteiger partial charge in [0, 0.05) is 0 Å². The summed E-state index contributed by atoms with van der Waals surface area (Å²) in [6.45, 7) is 2.34. The number of hydrogen-bond donors (Lipinski definition) is 2. The molecule has 0 amide bonds. The van der Waals surface area contributed by atoms with Crippen molar-refractivity contribution in [1.82, 2.24) is 0 Å². The minimum absolute atomic E-state index is 0.0478. The van der Waals surface area contributed by atoms with Crippen molar-refractivity contribution in [3.05, 3.63) is 12.7 Å². The van der Waals surface area contributed by atoms with Crippen LogP contribution in [0.4, 0.5) is 0 Å². The van der Waals surface area contributed by atoms with E-state index < -0.39 is 17.6 Å². The molecule has 0 radical (unpaired) electrons. The molecule has 0 aliphatic rings. The molecule has 0 rings (SSSR count). The molecule has 0 aromatic carbocycles. The summed E-state index contributed by atoms with van der Waals surface area (Å²) in [4.78, 5) is 10.6. The minimum atomic E-state index is -2.33. The molecule has 4 nitrogen and oxygen atoms in total. The third-order valence-corrected chi connectivity index (χ3v) is 1.13. The number of carbonyl (C=O) groups excluding carboxylic acids is 1. The van der Waals surface area contributed by atoms with E-state index in [-0.39, 0.29) is 6.61 Å². The molecule has 0 aliphatic heterocycles. The van der Waals surface area contributed by atoms with E-state index in [0.29, 0.717) is 0 Å². The highest BCUT2D eigenvalue weighted by atomic mass is 35.5. The molecule has 0 aromatic heterocycles. The van der Waals surface area contributed by atoms with Crippen molar-refractivity contribution >= 4 is 17.6 Å². The molecule has 1 atom stereocenters. The molecule has 0 aromatic rings. The lowest BCUT2D eigenvalue weighted by atomic mass is 10.4. The standard InChI is InChI=1S/C6H9ClO4/c1-2-3-11-5(9)6(7,10)4-8/h2,8,10H,1,3-4H2. The van der Waals surface area contributed by atoms with Crippen LogP contribution in [-0.2, 0) is 9.53 Å². The van der Waals surface area contributed by atoms with E-state index in [2.05, 4.69) is 11.3 Å². The molecule has 0 saturated heterocycles. The van der Waals surface area contributed by atoms with Crippen LogP contribution in [-0.4, -0.2) is 34.5 Å². The Morgan fingerprint density at radius 1 is 1.82 bits per heavy atom. The fourth-order valence-electron chi connectivity index (χ4n) is 0.310. The summed E-state index contributed by atoms with van der Waals surface area (Å²) in [6, 6.07) is 0. The van der Waals surface area contributed by atoms with Gasteiger partial charge in [-0.3, -0.25) is 0 Å². The van der Waals surface area contributed by atoms with Crippen molar-refractivity contribution in [2.45, 2.75) is 5.06 Å². The van der Waals surface area contributed by atoms with Crippen molar-refractivity contribution in [2.24, 2.45) is 0 Å². The maximum absolute atomic E-state index is 10.6. The van der Waals surface area contributed by atoms with Gasteiger partial charge in [0.15, 0.2) is 0 Å². The van der Waals surface area contributed by atoms with Gasteiger partial charge in [0.05, 0.1) is 6.61 Å². The summed E-state index contributed by atoms with van der Waals surface area (Å²) in [5.41, 5.74) is 0. The average molecular weight is 181 g/mol. The van der Waals surface area contributed by atoms with Crippen LogP contribution in [0, 0.1) is 0 Å². The first-order chi connectivity index (χ1) is 5.04. The molecule has 0 saturated carbocycles. The first kappa shape index (κ1) is 10.4. The van der Waals surface area contributed by atoms with Gasteiger partial charge >= 0.3 is 5.97 Å². The van der Waals surface area contributed by atoms with Crippen molar-refractivity contribution < 1.29 is 19.7 Å². The fraction of sp³-hybridized carbons (Fsp3) is 0.500. The second-order valence-corrected chi connectivity index (χ2v) is 2.43. The summed E-state index contributed by atoms with van der Waals surface area (Å²) >= 11 is 5.10. The molecule has 0 bridgehead atoms. The van der Waals surface area contributed by atoms with Crippen LogP contribution in [0.3, 0.4) is 0 Å². The maximum atomic E-state index is 10.6. The minimum Gasteiger partial charge on any atom is -0.458 e. The lowest BCUT2D eigenvalue weighted by Gasteiger charge is -2.14. The van der Waals surface area contributed by atoms with Crippen molar-refractivity contribution in [2.75, 3.05) is 13.2 Å². The number of halogens is 1. The number of carbonyl (C=O) groups is 1. The Kier molecular flexibility index (Phi) is 4.10. The van der Waals surface area contributed by atoms with Gasteiger partial charge in [0.1, 0.15) is 6.61 Å². The molecule has 5 heteroatoms. The number of aliphatic hydroxyl groups excluding tert-OH is 1. The molecule has 0 spiro atoms. The van der Waals surface area contributed by atoms with E-state index in [1.165, 1.54) is 6.08 Å². The van der Waals surface area contributed by atoms with Crippen LogP contribution >= 0.6 is 11.6 Å². The van der Waals surface area contributed by atoms with Gasteiger partial charge in [0.25, 0.3) is 5.06 Å². The molecule has 11 heavy (non-hydrogen) atoms. The largest absolute Gasteiger partial charge is 0.458 e. The number of rotatable bonds is 4. The number of aliphatic hydroxyl groups is 2. The van der Waals surface area contributed by atoms with E-state index >= 15 is 0 Å². The Bertz CT molecular complexity index is 155. The van der Waals surface area contributed by atoms with Crippen LogP contribution in [0.2, 0.25) is 0 Å². The molecule has 0 fully saturated rings. The van der Waals surface area contributed by atoms with Crippen LogP contribution in [0.1, 0.15) is 0 Å². The van der Waals surface area contributed by atoms with Crippen molar-refractivity contribution in [1.29, 1.82) is 0 Å². The number of alkyl halides is 1. The maximum Gasteiger partial charge on any atom is 0.356 e. The Labute approximate surface area is 69.0 Å². The fourth-order valence-corrected chi connectivity index (χ4v) is 0.364. The monoisotopic (exact) mass is 180 g/mol. The van der Waals surface area contributed by atoms with Crippen LogP contribution in [0.15, 0.2) is 12.7 Å². The van der Waals surface area contributed by atoms with Gasteiger partial charge in [-0.2, -0.15) is 0 Å². The van der Waals surface area contributed by atoms with Gasteiger partial charge in [0.2, 0.25) is 0 Å². The van der Waals surface area contributed by atoms with Gasteiger partial charge in [-0.05, 0) is 0 Å². The third-order valence-electron chi connectivity index (χ3n) is 0.855. The first-order valence-corrected chi connectivity index (χ1v) is 3.22.